The maximum Gasteiger partial charge on any atom is 0.230 e. The molecule has 0 saturated heterocycles. The number of halogens is 1. The molecule has 1 heterocycles. The molecule has 0 aromatic heterocycles. The molecular weight excluding hydrogens is 295 g/mol. The number of rotatable bonds is 5. The molecule has 0 fully saturated rings. The number of hydrogen-bond donors (Lipinski definition) is 1. The number of hydrogen-bond acceptors (Lipinski definition) is 2. The maximum atomic E-state index is 13.4. The van der Waals surface area contributed by atoms with Crippen molar-refractivity contribution in [3.8, 4) is 0 Å². The van der Waals surface area contributed by atoms with Gasteiger partial charge in [0.25, 0.3) is 0 Å². The van der Waals surface area contributed by atoms with Crippen LogP contribution in [-0.4, -0.2) is 29.8 Å². The van der Waals surface area contributed by atoms with Crippen LogP contribution < -0.4 is 5.32 Å². The predicted molar refractivity (Wildman–Crippen MR) is 88.6 cm³/mol. The quantitative estimate of drug-likeness (QED) is 0.904. The van der Waals surface area contributed by atoms with Crippen molar-refractivity contribution < 1.29 is 14.0 Å². The topological polar surface area (TPSA) is 49.4 Å². The van der Waals surface area contributed by atoms with Crippen LogP contribution in [-0.2, 0) is 9.59 Å². The molecular formula is C18H25FN2O2. The Bertz CT molecular complexity index is 589. The number of nitrogens with one attached hydrogen (secondary N) is 1. The van der Waals surface area contributed by atoms with Gasteiger partial charge in [-0.2, -0.15) is 0 Å². The maximum absolute atomic E-state index is 13.4. The van der Waals surface area contributed by atoms with Crippen LogP contribution in [0.25, 0.3) is 0 Å². The summed E-state index contributed by atoms with van der Waals surface area (Å²) in [5.41, 5.74) is 1.11. The molecule has 0 spiro atoms. The van der Waals surface area contributed by atoms with Gasteiger partial charge < -0.3 is 10.2 Å². The van der Waals surface area contributed by atoms with Gasteiger partial charge in [-0.1, -0.05) is 33.8 Å². The minimum absolute atomic E-state index is 0.0462. The highest BCUT2D eigenvalue weighted by Gasteiger charge is 2.34. The summed E-state index contributed by atoms with van der Waals surface area (Å²) >= 11 is 0. The van der Waals surface area contributed by atoms with E-state index in [1.54, 1.807) is 6.07 Å². The van der Waals surface area contributed by atoms with Crippen molar-refractivity contribution >= 4 is 17.5 Å². The molecule has 23 heavy (non-hydrogen) atoms. The molecule has 1 aromatic carbocycles. The van der Waals surface area contributed by atoms with Crippen LogP contribution >= 0.6 is 0 Å². The third-order valence-electron chi connectivity index (χ3n) is 3.84. The van der Waals surface area contributed by atoms with E-state index >= 15 is 0 Å². The van der Waals surface area contributed by atoms with Gasteiger partial charge in [-0.3, -0.25) is 9.59 Å². The average Bonchev–Trinajstić information content (AvgIpc) is 2.43. The molecule has 2 amide bonds. The van der Waals surface area contributed by atoms with Crippen LogP contribution in [0, 0.1) is 17.7 Å². The second-order valence-corrected chi connectivity index (χ2v) is 7.07. The van der Waals surface area contributed by atoms with Crippen molar-refractivity contribution in [2.75, 3.05) is 18.4 Å². The average molecular weight is 320 g/mol. The minimum atomic E-state index is -0.531. The van der Waals surface area contributed by atoms with E-state index in [9.17, 15) is 14.0 Å². The van der Waals surface area contributed by atoms with Gasteiger partial charge in [0.2, 0.25) is 11.8 Å². The first-order valence-electron chi connectivity index (χ1n) is 8.16. The van der Waals surface area contributed by atoms with Gasteiger partial charge in [0.05, 0.1) is 5.92 Å². The second-order valence-electron chi connectivity index (χ2n) is 7.07. The van der Waals surface area contributed by atoms with E-state index in [1.165, 1.54) is 12.1 Å². The molecule has 0 unspecified atom stereocenters. The molecule has 0 saturated carbocycles. The molecule has 1 aliphatic heterocycles. The Balaban J connectivity index is 2.31. The normalized spacial score (nSPS) is 17.2. The summed E-state index contributed by atoms with van der Waals surface area (Å²) in [6.07, 6.45) is 0.115. The Morgan fingerprint density at radius 3 is 2.43 bits per heavy atom. The van der Waals surface area contributed by atoms with Gasteiger partial charge in [0, 0.05) is 25.2 Å². The Morgan fingerprint density at radius 1 is 1.26 bits per heavy atom. The van der Waals surface area contributed by atoms with E-state index in [2.05, 4.69) is 33.0 Å². The molecule has 4 nitrogen and oxygen atoms in total. The van der Waals surface area contributed by atoms with Crippen molar-refractivity contribution in [1.29, 1.82) is 0 Å². The molecule has 2 rings (SSSR count). The molecule has 1 N–H and O–H groups in total. The summed E-state index contributed by atoms with van der Waals surface area (Å²) in [6.45, 7) is 9.58. The SMILES string of the molecule is CC(C)CN(CC(C)C)C(=O)[C@@H]1CC(=O)Nc2cc(F)ccc21. The largest absolute Gasteiger partial charge is 0.342 e. The van der Waals surface area contributed by atoms with Crippen molar-refractivity contribution in [3.05, 3.63) is 29.6 Å². The highest BCUT2D eigenvalue weighted by atomic mass is 19.1. The number of nitrogens with zero attached hydrogens (tertiary/aromatic N) is 1. The number of benzene rings is 1. The molecule has 0 bridgehead atoms. The van der Waals surface area contributed by atoms with E-state index in [0.29, 0.717) is 36.2 Å². The summed E-state index contributed by atoms with van der Waals surface area (Å²) in [5.74, 6) is -0.536. The molecule has 0 radical (unpaired) electrons. The van der Waals surface area contributed by atoms with Gasteiger partial charge in [0.1, 0.15) is 5.82 Å². The van der Waals surface area contributed by atoms with Gasteiger partial charge in [-0.15, -0.1) is 0 Å². The van der Waals surface area contributed by atoms with E-state index in [0.717, 1.165) is 0 Å². The van der Waals surface area contributed by atoms with E-state index < -0.39 is 11.7 Å². The molecule has 1 atom stereocenters. The lowest BCUT2D eigenvalue weighted by atomic mass is 9.88. The summed E-state index contributed by atoms with van der Waals surface area (Å²) < 4.78 is 13.4. The summed E-state index contributed by atoms with van der Waals surface area (Å²) in [7, 11) is 0. The first-order valence-corrected chi connectivity index (χ1v) is 8.16. The van der Waals surface area contributed by atoms with Crippen LogP contribution in [0.2, 0.25) is 0 Å². The summed E-state index contributed by atoms with van der Waals surface area (Å²) in [4.78, 5) is 26.8. The zero-order chi connectivity index (χ0) is 17.1. The summed E-state index contributed by atoms with van der Waals surface area (Å²) in [5, 5.41) is 2.66. The van der Waals surface area contributed by atoms with Crippen LogP contribution in [0.4, 0.5) is 10.1 Å². The lowest BCUT2D eigenvalue weighted by molar-refractivity contribution is -0.136. The predicted octanol–water partition coefficient (Wildman–Crippen LogP) is 3.39. The lowest BCUT2D eigenvalue weighted by Gasteiger charge is -2.32. The van der Waals surface area contributed by atoms with Crippen LogP contribution in [0.1, 0.15) is 45.6 Å². The Kier molecular flexibility index (Phi) is 5.39. The molecule has 0 aliphatic carbocycles. The van der Waals surface area contributed by atoms with Crippen LogP contribution in [0.15, 0.2) is 18.2 Å². The Morgan fingerprint density at radius 2 is 1.87 bits per heavy atom. The second kappa shape index (κ2) is 7.11. The first-order chi connectivity index (χ1) is 10.8. The number of carbonyl (C=O) groups excluding carboxylic acids is 2. The number of carbonyl (C=O) groups is 2. The number of fused-ring (bicyclic) bond motifs is 1. The van der Waals surface area contributed by atoms with Gasteiger partial charge in [-0.25, -0.2) is 4.39 Å². The first kappa shape index (κ1) is 17.4. The fraction of sp³-hybridized carbons (Fsp3) is 0.556. The molecule has 1 aliphatic rings. The standard InChI is InChI=1S/C18H25FN2O2/c1-11(2)9-21(10-12(3)4)18(23)15-8-17(22)20-16-7-13(19)5-6-14(15)16/h5-7,11-12,15H,8-10H2,1-4H3,(H,20,22)/t15-/m1/s1. The smallest absolute Gasteiger partial charge is 0.230 e. The lowest BCUT2D eigenvalue weighted by Crippen LogP contribution is -2.42. The number of anilines is 1. The Hall–Kier alpha value is -1.91. The van der Waals surface area contributed by atoms with Crippen molar-refractivity contribution in [1.82, 2.24) is 4.90 Å². The van der Waals surface area contributed by atoms with Crippen LogP contribution in [0.5, 0.6) is 0 Å². The zero-order valence-electron chi connectivity index (χ0n) is 14.2. The highest BCUT2D eigenvalue weighted by Crippen LogP contribution is 2.34. The Labute approximate surface area is 137 Å². The fourth-order valence-corrected chi connectivity index (χ4v) is 3.01. The third-order valence-corrected chi connectivity index (χ3v) is 3.84. The van der Waals surface area contributed by atoms with E-state index in [4.69, 9.17) is 0 Å². The van der Waals surface area contributed by atoms with Crippen molar-refractivity contribution in [2.24, 2.45) is 11.8 Å². The monoisotopic (exact) mass is 320 g/mol. The van der Waals surface area contributed by atoms with E-state index in [1.807, 2.05) is 4.90 Å². The van der Waals surface area contributed by atoms with Gasteiger partial charge in [-0.05, 0) is 29.5 Å². The van der Waals surface area contributed by atoms with Crippen molar-refractivity contribution in [2.45, 2.75) is 40.0 Å². The zero-order valence-corrected chi connectivity index (χ0v) is 14.2. The van der Waals surface area contributed by atoms with Crippen molar-refractivity contribution in [3.63, 3.8) is 0 Å². The number of amides is 2. The van der Waals surface area contributed by atoms with Gasteiger partial charge in [0.15, 0.2) is 0 Å². The highest BCUT2D eigenvalue weighted by molar-refractivity contribution is 6.01. The van der Waals surface area contributed by atoms with E-state index in [-0.39, 0.29) is 18.2 Å². The fourth-order valence-electron chi connectivity index (χ4n) is 3.01. The molecule has 1 aromatic rings. The van der Waals surface area contributed by atoms with Crippen LogP contribution in [0.3, 0.4) is 0 Å². The summed E-state index contributed by atoms with van der Waals surface area (Å²) in [6, 6.07) is 4.23. The third kappa shape index (κ3) is 4.30. The molecule has 126 valence electrons. The van der Waals surface area contributed by atoms with Gasteiger partial charge >= 0.3 is 0 Å². The molecule has 5 heteroatoms. The minimum Gasteiger partial charge on any atom is -0.342 e.